The van der Waals surface area contributed by atoms with Crippen molar-refractivity contribution in [3.05, 3.63) is 96.1 Å². The van der Waals surface area contributed by atoms with Crippen LogP contribution in [0.1, 0.15) is 42.9 Å². The first-order chi connectivity index (χ1) is 63.9. The minimum absolute atomic E-state index is 0.0192. The molecular weight excluding hydrogens is 1800 g/mol. The van der Waals surface area contributed by atoms with Crippen LogP contribution in [0.25, 0.3) is 66.7 Å². The standard InChI is InChI=1S/C13H13FN4O5.C13H14N4O5.C12H13N5O5.2C12H13N5O4S.C12H13N5O4/c1-2-13(22)8(20)6(4-19)23-11(13)18-3-5(14)7-9(18)16-12(15)17-10(7)21;1-2-13(21)8(19)7(5-18)22-11(13)17-4-3-6-9(17)15-12(14)16-10(6)20;1-2-12(21)7(19)5(3-18)22-10(12)17-4-14-6-8(17)15-11(13)16-9(6)20;2*1-2-12(20)7(19)5(3-18)21-10(12)17-4-14-6-8(17)15-11(13)16-9(6)22;1-2-12(20)8(19)7(4-18)21-10(12)17-5-15-6-3-14-11(13)16-9(6)17/h1,3,6,8,11,19-20,22H,4H2,(H3,15,16,17,21);1,3-4,7-8,11,18-19,21H,5H2,(H3,14,15,16,20);1,4-5,7,10,18-19,21H,3H2,(H3,13,15,16,20);2*1,4-5,7,10,18-20H,3H2,(H3,13,15,16,22);1,3,5,7-8,10,18-20H,4H2,(H2,13,14,16)/t6-,8+,11-,13?;7-,8+,11-,13?;3*5-,7+,10-,12?;7-,8+,10-,12?/m111111/s1/i;;2*3D2;;. The van der Waals surface area contributed by atoms with Crippen molar-refractivity contribution in [2.45, 2.75) is 144 Å². The average molecular weight is 1880 g/mol. The van der Waals surface area contributed by atoms with E-state index in [1.807, 2.05) is 17.8 Å². The Morgan fingerprint density at radius 1 is 0.409 bits per heavy atom. The van der Waals surface area contributed by atoms with Gasteiger partial charge in [0.1, 0.15) is 106 Å². The van der Waals surface area contributed by atoms with E-state index in [2.05, 4.69) is 97.5 Å². The van der Waals surface area contributed by atoms with Crippen molar-refractivity contribution >= 4 is 127 Å². The topological polar surface area (TPSA) is 877 Å². The van der Waals surface area contributed by atoms with Gasteiger partial charge in [-0.25, -0.2) is 39.3 Å². The number of ether oxygens (including phenoxy) is 6. The van der Waals surface area contributed by atoms with Gasteiger partial charge < -0.3 is 169 Å². The van der Waals surface area contributed by atoms with Gasteiger partial charge in [-0.05, 0) is 6.07 Å². The summed E-state index contributed by atoms with van der Waals surface area (Å²) in [6, 6.07) is 1.46. The van der Waals surface area contributed by atoms with Crippen LogP contribution < -0.4 is 51.1 Å². The van der Waals surface area contributed by atoms with E-state index in [4.69, 9.17) is 131 Å². The number of fused-ring (bicyclic) bond motifs is 6. The van der Waals surface area contributed by atoms with Gasteiger partial charge in [0, 0.05) is 12.4 Å². The molecule has 58 heteroatoms. The Bertz CT molecular complexity index is 6950. The van der Waals surface area contributed by atoms with Gasteiger partial charge in [-0.1, -0.05) is 60.0 Å². The molecule has 24 atom stereocenters. The summed E-state index contributed by atoms with van der Waals surface area (Å²) in [5, 5.41) is 179. The van der Waals surface area contributed by atoms with Crippen LogP contribution in [0, 0.1) is 89.2 Å². The summed E-state index contributed by atoms with van der Waals surface area (Å²) in [4.78, 5) is 90.8. The Hall–Kier alpha value is -13.6. The number of hydrogen-bond acceptors (Lipinski definition) is 46. The number of rotatable bonds is 12. The summed E-state index contributed by atoms with van der Waals surface area (Å²) in [6.45, 7) is -8.09. The second-order valence-electron chi connectivity index (χ2n) is 29.3. The third-order valence-corrected chi connectivity index (χ3v) is 22.1. The second kappa shape index (κ2) is 36.6. The largest absolute Gasteiger partial charge is 0.394 e. The SMILES string of the molecule is C#CC1(O)[C@@H](O)[C@@H](CO)O[C@H]1n1cc(F)c2c(=O)[nH]c(N)nc21.C#CC1(O)[C@@H](O)[C@@H](CO)O[C@H]1n1ccc2c(=O)[nH]c(N)nc21.C#CC1(O)[C@@H](O)[C@@H](CO)O[C@H]1n1cnc2c(=S)nc(N)[nH]c21.C#CC1(O)[C@@H](O)[C@@H](CO)O[C@H]1n1cnc2cnc(N)nc21.[2H]C([2H])(O)[C@H]1O[C@@H](n2cnc3c(=O)[nH]c(N)nc32)C(O)(C#C)[C@H]1O.[2H]C([2H])(O)[C@H]1O[C@@H](n2cnc3c(=S)nc(N)[nH]c32)C(O)(C#C)[C@H]1O. The first kappa shape index (κ1) is 90.4. The van der Waals surface area contributed by atoms with Gasteiger partial charge in [-0.2, -0.15) is 19.9 Å². The number of aromatic amines is 5. The molecule has 696 valence electrons. The molecule has 0 bridgehead atoms. The minimum Gasteiger partial charge on any atom is -0.394 e. The number of nitrogens with two attached hydrogens (primary N) is 6. The summed E-state index contributed by atoms with van der Waals surface area (Å²) < 4.78 is 83.1. The van der Waals surface area contributed by atoms with Crippen LogP contribution in [-0.4, -0.2) is 345 Å². The summed E-state index contributed by atoms with van der Waals surface area (Å²) in [7, 11) is 0. The molecule has 6 fully saturated rings. The first-order valence-corrected chi connectivity index (χ1v) is 38.3. The Morgan fingerprint density at radius 3 is 1.14 bits per heavy atom. The van der Waals surface area contributed by atoms with Crippen molar-refractivity contribution in [3.63, 3.8) is 0 Å². The first-order valence-electron chi connectivity index (χ1n) is 39.5. The highest BCUT2D eigenvalue weighted by molar-refractivity contribution is 7.71. The zero-order chi connectivity index (χ0) is 100.0. The van der Waals surface area contributed by atoms with Crippen molar-refractivity contribution in [2.75, 3.05) is 73.9 Å². The Balaban J connectivity index is 0.000000138. The zero-order valence-corrected chi connectivity index (χ0v) is 68.4. The van der Waals surface area contributed by atoms with Crippen molar-refractivity contribution in [1.82, 2.24) is 107 Å². The number of anilines is 6. The summed E-state index contributed by atoms with van der Waals surface area (Å²) in [5.41, 5.74) is 19.7. The number of terminal acetylenes is 6. The molecule has 18 heterocycles. The molecule has 0 aromatic carbocycles. The number of halogens is 1. The molecule has 6 aliphatic rings. The van der Waals surface area contributed by atoms with Gasteiger partial charge in [0.15, 0.2) is 126 Å². The molecule has 0 amide bonds. The maximum Gasteiger partial charge on any atom is 0.280 e. The van der Waals surface area contributed by atoms with E-state index in [9.17, 15) is 111 Å². The number of nitrogens with one attached hydrogen (secondary N) is 5. The normalized spacial score (nSPS) is 32.1. The van der Waals surface area contributed by atoms with Crippen molar-refractivity contribution in [2.24, 2.45) is 0 Å². The predicted octanol–water partition coefficient (Wildman–Crippen LogP) is -11.3. The van der Waals surface area contributed by atoms with E-state index in [1.54, 1.807) is 0 Å². The maximum absolute atomic E-state index is 14.1. The molecule has 35 N–H and O–H groups in total. The van der Waals surface area contributed by atoms with Crippen LogP contribution in [0.2, 0.25) is 0 Å². The third-order valence-electron chi connectivity index (χ3n) is 21.6. The van der Waals surface area contributed by atoms with Crippen molar-refractivity contribution in [1.29, 1.82) is 0 Å². The van der Waals surface area contributed by atoms with Gasteiger partial charge in [-0.3, -0.25) is 52.2 Å². The summed E-state index contributed by atoms with van der Waals surface area (Å²) in [6.07, 6.45) is 14.6. The molecule has 0 saturated carbocycles. The monoisotopic (exact) mass is 1880 g/mol. The molecule has 12 aromatic rings. The molecule has 6 saturated heterocycles. The number of aliphatic hydroxyl groups is 18. The number of nitrogen functional groups attached to an aromatic ring is 6. The second-order valence-corrected chi connectivity index (χ2v) is 30.0. The third kappa shape index (κ3) is 16.1. The number of hydrogen-bond donors (Lipinski definition) is 29. The number of nitrogens with zero attached hydrogens (tertiary/aromatic N) is 17. The van der Waals surface area contributed by atoms with E-state index >= 15 is 0 Å². The van der Waals surface area contributed by atoms with E-state index in [0.29, 0.717) is 22.3 Å². The summed E-state index contributed by atoms with van der Waals surface area (Å²) in [5.74, 6) is 10.7. The van der Waals surface area contributed by atoms with Crippen LogP contribution >= 0.6 is 24.4 Å². The van der Waals surface area contributed by atoms with Crippen molar-refractivity contribution < 1.29 is 130 Å². The maximum atomic E-state index is 14.1. The summed E-state index contributed by atoms with van der Waals surface area (Å²) >= 11 is 10.1. The molecule has 6 unspecified atom stereocenters. The van der Waals surface area contributed by atoms with Gasteiger partial charge in [-0.15, -0.1) is 38.5 Å². The minimum atomic E-state index is -2.99. The molecule has 6 aliphatic heterocycles. The molecule has 12 aromatic heterocycles. The van der Waals surface area contributed by atoms with Crippen LogP contribution in [0.15, 0.2) is 64.3 Å². The van der Waals surface area contributed by atoms with Crippen LogP contribution in [0.4, 0.5) is 40.1 Å². The molecule has 0 radical (unpaired) electrons. The Kier molecular flexibility index (Phi) is 25.1. The lowest BCUT2D eigenvalue weighted by atomic mass is 9.95. The van der Waals surface area contributed by atoms with E-state index in [0.717, 1.165) is 21.7 Å². The lowest BCUT2D eigenvalue weighted by Crippen LogP contribution is -2.45. The lowest BCUT2D eigenvalue weighted by Gasteiger charge is -2.26. The molecule has 0 aliphatic carbocycles. The van der Waals surface area contributed by atoms with E-state index in [1.165, 1.54) is 55.7 Å². The number of imidazole rings is 4. The fourth-order valence-electron chi connectivity index (χ4n) is 14.8. The number of aliphatic hydroxyl groups excluding tert-OH is 10. The van der Waals surface area contributed by atoms with Gasteiger partial charge in [0.25, 0.3) is 16.7 Å². The molecule has 18 rings (SSSR count). The number of aromatic nitrogens is 22. The van der Waals surface area contributed by atoms with E-state index < -0.39 is 212 Å². The fraction of sp³-hybridized carbons (Fsp3) is 0.405. The van der Waals surface area contributed by atoms with Crippen LogP contribution in [0.5, 0.6) is 0 Å². The molecule has 55 nitrogen and oxygen atoms in total. The fourth-order valence-corrected chi connectivity index (χ4v) is 15.3. The van der Waals surface area contributed by atoms with Gasteiger partial charge in [0.2, 0.25) is 23.8 Å². The quantitative estimate of drug-likeness (QED) is 0.0399. The number of H-pyrrole nitrogens is 5. The molecule has 0 spiro atoms. The Labute approximate surface area is 749 Å². The van der Waals surface area contributed by atoms with Crippen molar-refractivity contribution in [3.8, 4) is 74.1 Å². The van der Waals surface area contributed by atoms with Crippen LogP contribution in [-0.2, 0) is 28.4 Å². The van der Waals surface area contributed by atoms with E-state index in [-0.39, 0.29) is 84.0 Å². The van der Waals surface area contributed by atoms with Gasteiger partial charge >= 0.3 is 0 Å². The predicted molar refractivity (Wildman–Crippen MR) is 451 cm³/mol. The highest BCUT2D eigenvalue weighted by Crippen LogP contribution is 2.46. The lowest BCUT2D eigenvalue weighted by molar-refractivity contribution is -0.0721. The highest BCUT2D eigenvalue weighted by Gasteiger charge is 2.61. The molecular formula is C74H79FN28O27S2. The highest BCUT2D eigenvalue weighted by atomic mass is 32.1. The smallest absolute Gasteiger partial charge is 0.280 e. The van der Waals surface area contributed by atoms with Crippen LogP contribution in [0.3, 0.4) is 0 Å². The Morgan fingerprint density at radius 2 is 0.735 bits per heavy atom. The molecule has 132 heavy (non-hydrogen) atoms. The zero-order valence-electron chi connectivity index (χ0n) is 70.8. The van der Waals surface area contributed by atoms with Gasteiger partial charge in [0.05, 0.1) is 81.9 Å². The average Bonchev–Trinajstić information content (AvgIpc) is 1.46.